The van der Waals surface area contributed by atoms with E-state index in [0.29, 0.717) is 22.1 Å². The van der Waals surface area contributed by atoms with Gasteiger partial charge < -0.3 is 16.2 Å². The van der Waals surface area contributed by atoms with Crippen LogP contribution in [0, 0.1) is 5.92 Å². The molecule has 2 atom stereocenters. The van der Waals surface area contributed by atoms with Crippen LogP contribution >= 0.6 is 15.9 Å². The van der Waals surface area contributed by atoms with E-state index >= 15 is 0 Å². The van der Waals surface area contributed by atoms with Crippen molar-refractivity contribution in [2.45, 2.75) is 26.3 Å². The molecule has 0 aliphatic heterocycles. The maximum absolute atomic E-state index is 12.0. The van der Waals surface area contributed by atoms with Crippen LogP contribution < -0.4 is 11.1 Å². The van der Waals surface area contributed by atoms with Crippen LogP contribution in [0.2, 0.25) is 0 Å². The summed E-state index contributed by atoms with van der Waals surface area (Å²) in [5, 5.41) is 11.6. The molecule has 4 N–H and O–H groups in total. The maximum Gasteiger partial charge on any atom is 0.326 e. The average Bonchev–Trinajstić information content (AvgIpc) is 2.37. The number of aliphatic carboxylic acids is 1. The number of anilines is 1. The van der Waals surface area contributed by atoms with Crippen LogP contribution in [0.1, 0.15) is 30.6 Å². The van der Waals surface area contributed by atoms with Crippen molar-refractivity contribution in [1.29, 1.82) is 0 Å². The van der Waals surface area contributed by atoms with Gasteiger partial charge in [-0.3, -0.25) is 4.79 Å². The molecule has 1 aromatic carbocycles. The zero-order chi connectivity index (χ0) is 14.6. The molecule has 0 aliphatic rings. The van der Waals surface area contributed by atoms with Crippen molar-refractivity contribution < 1.29 is 14.7 Å². The molecule has 104 valence electrons. The average molecular weight is 329 g/mol. The highest BCUT2D eigenvalue weighted by molar-refractivity contribution is 9.10. The number of rotatable bonds is 5. The molecule has 0 aliphatic carbocycles. The zero-order valence-electron chi connectivity index (χ0n) is 10.8. The molecule has 0 unspecified atom stereocenters. The Morgan fingerprint density at radius 1 is 1.47 bits per heavy atom. The number of nitrogens with two attached hydrogens (primary N) is 1. The number of carboxylic acid groups (broad SMARTS) is 1. The molecule has 0 fully saturated rings. The van der Waals surface area contributed by atoms with Gasteiger partial charge in [0.15, 0.2) is 0 Å². The normalized spacial score (nSPS) is 13.6. The number of amides is 1. The Balaban J connectivity index is 2.87. The minimum atomic E-state index is -1.03. The van der Waals surface area contributed by atoms with Crippen LogP contribution in [-0.4, -0.2) is 23.0 Å². The van der Waals surface area contributed by atoms with E-state index < -0.39 is 17.9 Å². The summed E-state index contributed by atoms with van der Waals surface area (Å²) in [5.74, 6) is -1.62. The number of hydrogen-bond donors (Lipinski definition) is 3. The fraction of sp³-hybridized carbons (Fsp3) is 0.385. The lowest BCUT2D eigenvalue weighted by atomic mass is 9.99. The molecular formula is C13H17BrN2O3. The van der Waals surface area contributed by atoms with Crippen LogP contribution in [0.3, 0.4) is 0 Å². The predicted molar refractivity (Wildman–Crippen MR) is 76.9 cm³/mol. The molecule has 19 heavy (non-hydrogen) atoms. The second kappa shape index (κ2) is 6.56. The van der Waals surface area contributed by atoms with Gasteiger partial charge in [-0.15, -0.1) is 0 Å². The highest BCUT2D eigenvalue weighted by Gasteiger charge is 2.25. The van der Waals surface area contributed by atoms with Crippen molar-refractivity contribution in [3.05, 3.63) is 28.2 Å². The molecule has 0 aromatic heterocycles. The first-order valence-electron chi connectivity index (χ1n) is 5.95. The minimum Gasteiger partial charge on any atom is -0.480 e. The predicted octanol–water partition coefficient (Wildman–Crippen LogP) is 2.26. The topological polar surface area (TPSA) is 92.4 Å². The van der Waals surface area contributed by atoms with Crippen LogP contribution in [0.4, 0.5) is 5.69 Å². The highest BCUT2D eigenvalue weighted by atomic mass is 79.9. The Morgan fingerprint density at radius 3 is 2.58 bits per heavy atom. The Bertz CT molecular complexity index is 491. The van der Waals surface area contributed by atoms with Gasteiger partial charge in [0.2, 0.25) is 0 Å². The number of carbonyl (C=O) groups excluding carboxylic acids is 1. The fourth-order valence-electron chi connectivity index (χ4n) is 1.59. The van der Waals surface area contributed by atoms with Crippen molar-refractivity contribution in [3.63, 3.8) is 0 Å². The summed E-state index contributed by atoms with van der Waals surface area (Å²) in [6, 6.07) is 3.85. The summed E-state index contributed by atoms with van der Waals surface area (Å²) < 4.78 is 0.695. The van der Waals surface area contributed by atoms with E-state index in [2.05, 4.69) is 21.2 Å². The highest BCUT2D eigenvalue weighted by Crippen LogP contribution is 2.20. The monoisotopic (exact) mass is 328 g/mol. The Hall–Kier alpha value is -1.56. The molecule has 1 rings (SSSR count). The summed E-state index contributed by atoms with van der Waals surface area (Å²) in [6.07, 6.45) is 0.666. The largest absolute Gasteiger partial charge is 0.480 e. The van der Waals surface area contributed by atoms with Crippen LogP contribution in [-0.2, 0) is 4.79 Å². The standard InChI is InChI=1S/C13H17BrN2O3/c1-3-7(2)11(13(18)19)16-12(17)8-4-5-9(14)10(15)6-8/h4-7,11H,3,15H2,1-2H3,(H,16,17)(H,18,19)/t7-,11-/m0/s1. The molecule has 0 bridgehead atoms. The van der Waals surface area contributed by atoms with Gasteiger partial charge in [0.05, 0.1) is 0 Å². The molecule has 1 amide bonds. The zero-order valence-corrected chi connectivity index (χ0v) is 12.4. The Kier molecular flexibility index (Phi) is 5.35. The summed E-state index contributed by atoms with van der Waals surface area (Å²) in [6.45, 7) is 3.67. The fourth-order valence-corrected chi connectivity index (χ4v) is 1.84. The van der Waals surface area contributed by atoms with E-state index in [-0.39, 0.29) is 5.92 Å². The quantitative estimate of drug-likeness (QED) is 0.723. The van der Waals surface area contributed by atoms with Gasteiger partial charge in [-0.1, -0.05) is 20.3 Å². The molecular weight excluding hydrogens is 312 g/mol. The second-order valence-electron chi connectivity index (χ2n) is 4.41. The first-order chi connectivity index (χ1) is 8.86. The Morgan fingerprint density at radius 2 is 2.11 bits per heavy atom. The van der Waals surface area contributed by atoms with Gasteiger partial charge in [0.25, 0.3) is 5.91 Å². The second-order valence-corrected chi connectivity index (χ2v) is 5.27. The SMILES string of the molecule is CC[C@H](C)[C@H](NC(=O)c1ccc(Br)c(N)c1)C(=O)O. The lowest BCUT2D eigenvalue weighted by molar-refractivity contribution is -0.140. The van der Waals surface area contributed by atoms with Crippen molar-refractivity contribution >= 4 is 33.5 Å². The third-order valence-corrected chi connectivity index (χ3v) is 3.75. The molecule has 0 saturated heterocycles. The van der Waals surface area contributed by atoms with Crippen LogP contribution in [0.5, 0.6) is 0 Å². The maximum atomic E-state index is 12.0. The minimum absolute atomic E-state index is 0.144. The summed E-state index contributed by atoms with van der Waals surface area (Å²) in [7, 11) is 0. The molecule has 0 radical (unpaired) electrons. The lowest BCUT2D eigenvalue weighted by Gasteiger charge is -2.20. The van der Waals surface area contributed by atoms with Crippen molar-refractivity contribution in [3.8, 4) is 0 Å². The van der Waals surface area contributed by atoms with Gasteiger partial charge in [0.1, 0.15) is 6.04 Å². The number of nitrogens with one attached hydrogen (secondary N) is 1. The van der Waals surface area contributed by atoms with Crippen LogP contribution in [0.15, 0.2) is 22.7 Å². The van der Waals surface area contributed by atoms with Crippen molar-refractivity contribution in [2.24, 2.45) is 5.92 Å². The van der Waals surface area contributed by atoms with E-state index in [9.17, 15) is 9.59 Å². The van der Waals surface area contributed by atoms with Gasteiger partial charge >= 0.3 is 5.97 Å². The first kappa shape index (κ1) is 15.5. The number of hydrogen-bond acceptors (Lipinski definition) is 3. The number of benzene rings is 1. The summed E-state index contributed by atoms with van der Waals surface area (Å²) in [5.41, 5.74) is 6.47. The third kappa shape index (κ3) is 3.96. The van der Waals surface area contributed by atoms with Crippen LogP contribution in [0.25, 0.3) is 0 Å². The molecule has 1 aromatic rings. The van der Waals surface area contributed by atoms with Gasteiger partial charge in [-0.25, -0.2) is 4.79 Å². The number of carboxylic acids is 1. The number of nitrogen functional groups attached to an aromatic ring is 1. The van der Waals surface area contributed by atoms with E-state index in [1.807, 2.05) is 6.92 Å². The number of halogens is 1. The molecule has 0 saturated carbocycles. The lowest BCUT2D eigenvalue weighted by Crippen LogP contribution is -2.45. The number of carbonyl (C=O) groups is 2. The van der Waals surface area contributed by atoms with E-state index in [1.54, 1.807) is 19.1 Å². The van der Waals surface area contributed by atoms with E-state index in [4.69, 9.17) is 10.8 Å². The summed E-state index contributed by atoms with van der Waals surface area (Å²) >= 11 is 3.24. The summed E-state index contributed by atoms with van der Waals surface area (Å²) in [4.78, 5) is 23.1. The van der Waals surface area contributed by atoms with E-state index in [0.717, 1.165) is 0 Å². The Labute approximate surface area is 120 Å². The molecule has 0 heterocycles. The van der Waals surface area contributed by atoms with Gasteiger partial charge in [-0.05, 0) is 40.0 Å². The third-order valence-electron chi connectivity index (χ3n) is 3.02. The van der Waals surface area contributed by atoms with Gasteiger partial charge in [0, 0.05) is 15.7 Å². The molecule has 0 spiro atoms. The van der Waals surface area contributed by atoms with Crippen molar-refractivity contribution in [1.82, 2.24) is 5.32 Å². The first-order valence-corrected chi connectivity index (χ1v) is 6.74. The van der Waals surface area contributed by atoms with E-state index in [1.165, 1.54) is 6.07 Å². The molecule has 5 nitrogen and oxygen atoms in total. The molecule has 6 heteroatoms. The van der Waals surface area contributed by atoms with Crippen molar-refractivity contribution in [2.75, 3.05) is 5.73 Å². The smallest absolute Gasteiger partial charge is 0.326 e. The van der Waals surface area contributed by atoms with Gasteiger partial charge in [-0.2, -0.15) is 0 Å².